The van der Waals surface area contributed by atoms with Crippen LogP contribution in [0.15, 0.2) is 4.99 Å². The fraction of sp³-hybridized carbons (Fsp3) is 0.400. The highest BCUT2D eigenvalue weighted by molar-refractivity contribution is 8.11. The third-order valence-electron chi connectivity index (χ3n) is 0.620. The molecule has 0 aliphatic carbocycles. The highest BCUT2D eigenvalue weighted by Crippen LogP contribution is 1.81. The summed E-state index contributed by atoms with van der Waals surface area (Å²) in [5.41, 5.74) is 0. The molecular weight excluding hydrogens is 198 g/mol. The van der Waals surface area contributed by atoms with Crippen LogP contribution >= 0.6 is 37.1 Å². The molecule has 0 aromatic rings. The molecule has 0 radical (unpaired) electrons. The quantitative estimate of drug-likeness (QED) is 0.286. The number of aliphatic imine (C=N–C) groups is 1. The number of nitrogens with zero attached hydrogens (tertiary/aromatic N) is 2. The van der Waals surface area contributed by atoms with Gasteiger partial charge in [-0.05, 0) is 12.2 Å². The number of nitrogens with one attached hydrogen (secondary N) is 1. The molecular formula is C5H9N3S3. The summed E-state index contributed by atoms with van der Waals surface area (Å²) in [6.07, 6.45) is 1.58. The molecule has 0 spiro atoms. The van der Waals surface area contributed by atoms with Crippen LogP contribution in [0.4, 0.5) is 0 Å². The highest BCUT2D eigenvalue weighted by Gasteiger charge is 1.90. The molecule has 0 aromatic carbocycles. The monoisotopic (exact) mass is 207 g/mol. The lowest BCUT2D eigenvalue weighted by molar-refractivity contribution is 0.644. The van der Waals surface area contributed by atoms with Crippen molar-refractivity contribution in [3.63, 3.8) is 0 Å². The number of hydrogen-bond acceptors (Lipinski definition) is 2. The van der Waals surface area contributed by atoms with Crippen molar-refractivity contribution in [1.29, 1.82) is 0 Å². The van der Waals surface area contributed by atoms with Gasteiger partial charge in [-0.15, -0.1) is 12.6 Å². The van der Waals surface area contributed by atoms with Gasteiger partial charge in [-0.25, -0.2) is 4.99 Å². The zero-order chi connectivity index (χ0) is 8.85. The Morgan fingerprint density at radius 2 is 2.09 bits per heavy atom. The molecule has 62 valence electrons. The van der Waals surface area contributed by atoms with E-state index in [9.17, 15) is 0 Å². The van der Waals surface area contributed by atoms with Crippen LogP contribution in [0.2, 0.25) is 0 Å². The zero-order valence-electron chi connectivity index (χ0n) is 6.24. The minimum atomic E-state index is 0.318. The van der Waals surface area contributed by atoms with Gasteiger partial charge in [0.15, 0.2) is 5.11 Å². The van der Waals surface area contributed by atoms with E-state index in [0.29, 0.717) is 9.43 Å². The summed E-state index contributed by atoms with van der Waals surface area (Å²) in [6.45, 7) is 0. The molecule has 0 amide bonds. The molecule has 0 saturated carbocycles. The number of rotatable bonds is 1. The van der Waals surface area contributed by atoms with Crippen molar-refractivity contribution in [2.45, 2.75) is 0 Å². The van der Waals surface area contributed by atoms with Gasteiger partial charge < -0.3 is 10.2 Å². The summed E-state index contributed by atoms with van der Waals surface area (Å²) in [6, 6.07) is 0. The first-order chi connectivity index (χ1) is 5.02. The SMILES string of the molecule is CN(C)C=NC(=S)NC(=S)S. The molecule has 0 rings (SSSR count). The third kappa shape index (κ3) is 7.70. The van der Waals surface area contributed by atoms with E-state index < -0.39 is 0 Å². The van der Waals surface area contributed by atoms with Gasteiger partial charge in [0.1, 0.15) is 4.32 Å². The van der Waals surface area contributed by atoms with Gasteiger partial charge in [0, 0.05) is 14.1 Å². The summed E-state index contributed by atoms with van der Waals surface area (Å²) in [5.74, 6) is 0. The molecule has 0 aliphatic rings. The first-order valence-corrected chi connectivity index (χ1v) is 4.03. The van der Waals surface area contributed by atoms with Crippen LogP contribution in [0.5, 0.6) is 0 Å². The fourth-order valence-corrected chi connectivity index (χ4v) is 0.784. The van der Waals surface area contributed by atoms with Crippen LogP contribution in [-0.2, 0) is 0 Å². The molecule has 1 N–H and O–H groups in total. The Hall–Kier alpha value is -0.200. The summed E-state index contributed by atoms with van der Waals surface area (Å²) >= 11 is 13.2. The molecule has 3 nitrogen and oxygen atoms in total. The predicted octanol–water partition coefficient (Wildman–Crippen LogP) is 0.665. The van der Waals surface area contributed by atoms with Gasteiger partial charge >= 0.3 is 0 Å². The topological polar surface area (TPSA) is 27.6 Å². The number of hydrogen-bond donors (Lipinski definition) is 2. The van der Waals surface area contributed by atoms with Crippen molar-refractivity contribution in [3.8, 4) is 0 Å². The lowest BCUT2D eigenvalue weighted by Gasteiger charge is -2.03. The Balaban J connectivity index is 3.78. The van der Waals surface area contributed by atoms with Crippen LogP contribution in [-0.4, -0.2) is 34.8 Å². The van der Waals surface area contributed by atoms with Crippen molar-refractivity contribution >= 4 is 52.8 Å². The number of thiocarbonyl (C=S) groups is 2. The molecule has 11 heavy (non-hydrogen) atoms. The third-order valence-corrected chi connectivity index (χ3v) is 1.04. The minimum absolute atomic E-state index is 0.318. The van der Waals surface area contributed by atoms with Crippen LogP contribution in [0, 0.1) is 0 Å². The molecule has 0 bridgehead atoms. The van der Waals surface area contributed by atoms with Crippen molar-refractivity contribution in [2.24, 2.45) is 4.99 Å². The second kappa shape index (κ2) is 5.45. The summed E-state index contributed by atoms with van der Waals surface area (Å²) in [7, 11) is 3.70. The summed E-state index contributed by atoms with van der Waals surface area (Å²) in [4.78, 5) is 5.62. The minimum Gasteiger partial charge on any atom is -0.369 e. The Labute approximate surface area is 82.3 Å². The van der Waals surface area contributed by atoms with Crippen molar-refractivity contribution in [2.75, 3.05) is 14.1 Å². The molecule has 0 fully saturated rings. The van der Waals surface area contributed by atoms with E-state index >= 15 is 0 Å². The average molecular weight is 207 g/mol. The first kappa shape index (κ1) is 10.8. The van der Waals surface area contributed by atoms with Gasteiger partial charge in [-0.2, -0.15) is 0 Å². The van der Waals surface area contributed by atoms with Gasteiger partial charge in [0.05, 0.1) is 6.34 Å². The van der Waals surface area contributed by atoms with Gasteiger partial charge in [-0.3, -0.25) is 0 Å². The average Bonchev–Trinajstić information content (AvgIpc) is 1.82. The van der Waals surface area contributed by atoms with E-state index in [-0.39, 0.29) is 0 Å². The van der Waals surface area contributed by atoms with E-state index in [1.54, 1.807) is 11.2 Å². The molecule has 0 unspecified atom stereocenters. The lowest BCUT2D eigenvalue weighted by Crippen LogP contribution is -2.23. The summed E-state index contributed by atoms with van der Waals surface area (Å²) in [5, 5.41) is 2.92. The largest absolute Gasteiger partial charge is 0.369 e. The maximum Gasteiger partial charge on any atom is 0.199 e. The Morgan fingerprint density at radius 1 is 1.55 bits per heavy atom. The maximum absolute atomic E-state index is 4.78. The van der Waals surface area contributed by atoms with Crippen molar-refractivity contribution in [3.05, 3.63) is 0 Å². The fourth-order valence-electron chi connectivity index (χ4n) is 0.292. The zero-order valence-corrected chi connectivity index (χ0v) is 8.76. The predicted molar refractivity (Wildman–Crippen MR) is 59.5 cm³/mol. The second-order valence-electron chi connectivity index (χ2n) is 1.94. The highest BCUT2D eigenvalue weighted by atomic mass is 32.1. The molecule has 0 saturated heterocycles. The molecule has 0 aliphatic heterocycles. The van der Waals surface area contributed by atoms with Crippen LogP contribution in [0.3, 0.4) is 0 Å². The van der Waals surface area contributed by atoms with Crippen molar-refractivity contribution in [1.82, 2.24) is 10.2 Å². The van der Waals surface area contributed by atoms with E-state index in [2.05, 4.69) is 35.2 Å². The van der Waals surface area contributed by atoms with E-state index in [1.165, 1.54) is 0 Å². The lowest BCUT2D eigenvalue weighted by atomic mass is 10.9. The van der Waals surface area contributed by atoms with Crippen LogP contribution < -0.4 is 5.32 Å². The second-order valence-corrected chi connectivity index (χ2v) is 3.49. The maximum atomic E-state index is 4.78. The van der Waals surface area contributed by atoms with Crippen molar-refractivity contribution < 1.29 is 0 Å². The Morgan fingerprint density at radius 3 is 2.45 bits per heavy atom. The number of thiol groups is 1. The smallest absolute Gasteiger partial charge is 0.199 e. The van der Waals surface area contributed by atoms with E-state index in [1.807, 2.05) is 14.1 Å². The molecule has 0 atom stereocenters. The van der Waals surface area contributed by atoms with E-state index in [4.69, 9.17) is 12.2 Å². The van der Waals surface area contributed by atoms with Crippen LogP contribution in [0.25, 0.3) is 0 Å². The first-order valence-electron chi connectivity index (χ1n) is 2.77. The van der Waals surface area contributed by atoms with E-state index in [0.717, 1.165) is 0 Å². The van der Waals surface area contributed by atoms with Crippen LogP contribution in [0.1, 0.15) is 0 Å². The Kier molecular flexibility index (Phi) is 5.35. The standard InChI is InChI=1S/C5H9N3S3/c1-8(2)3-6-4(9)7-5(10)11/h3H,1-2H3,(H2,7,9,10,11). The normalized spacial score (nSPS) is 9.73. The molecule has 6 heteroatoms. The van der Waals surface area contributed by atoms with Gasteiger partial charge in [0.2, 0.25) is 0 Å². The molecule has 0 heterocycles. The molecule has 0 aromatic heterocycles. The van der Waals surface area contributed by atoms with Gasteiger partial charge in [-0.1, -0.05) is 12.2 Å². The Bertz CT molecular complexity index is 187. The van der Waals surface area contributed by atoms with Gasteiger partial charge in [0.25, 0.3) is 0 Å². The summed E-state index contributed by atoms with van der Waals surface area (Å²) < 4.78 is 0.325.